The number of hydrogen-bond acceptors (Lipinski definition) is 3. The van der Waals surface area contributed by atoms with E-state index in [9.17, 15) is 9.59 Å². The van der Waals surface area contributed by atoms with E-state index in [4.69, 9.17) is 4.74 Å². The van der Waals surface area contributed by atoms with E-state index in [1.54, 1.807) is 20.8 Å². The monoisotopic (exact) mass is 324 g/mol. The number of ether oxygens (including phenoxy) is 1. The lowest BCUT2D eigenvalue weighted by atomic mass is 9.82. The van der Waals surface area contributed by atoms with Crippen LogP contribution in [0.4, 0.5) is 0 Å². The Morgan fingerprint density at radius 3 is 2.63 bits per heavy atom. The summed E-state index contributed by atoms with van der Waals surface area (Å²) >= 11 is 3.41. The Balaban J connectivity index is 2.35. The average Bonchev–Trinajstić information content (AvgIpc) is 2.26. The van der Waals surface area contributed by atoms with Crippen molar-refractivity contribution in [1.29, 1.82) is 0 Å². The summed E-state index contributed by atoms with van der Waals surface area (Å²) in [6.07, 6.45) is 1.08. The number of carbonyl (C=O) groups excluding carboxylic acids is 2. The number of carbonyl (C=O) groups is 2. The predicted molar refractivity (Wildman–Crippen MR) is 76.1 cm³/mol. The molecule has 1 atom stereocenters. The minimum Gasteiger partial charge on any atom is -0.459 e. The fraction of sp³-hybridized carbons (Fsp3) is 0.467. The molecule has 3 nitrogen and oxygen atoms in total. The fourth-order valence-electron chi connectivity index (χ4n) is 2.27. The normalized spacial score (nSPS) is 18.9. The molecule has 2 rings (SSSR count). The fourth-order valence-corrected chi connectivity index (χ4v) is 2.68. The zero-order valence-corrected chi connectivity index (χ0v) is 12.9. The molecule has 0 saturated carbocycles. The van der Waals surface area contributed by atoms with Gasteiger partial charge in [0, 0.05) is 10.9 Å². The van der Waals surface area contributed by atoms with Gasteiger partial charge in [0.05, 0.1) is 0 Å². The van der Waals surface area contributed by atoms with Crippen LogP contribution in [0.15, 0.2) is 22.7 Å². The Morgan fingerprint density at radius 2 is 2.00 bits per heavy atom. The molecule has 0 aromatic heterocycles. The highest BCUT2D eigenvalue weighted by Gasteiger charge is 2.36. The van der Waals surface area contributed by atoms with Crippen molar-refractivity contribution in [2.75, 3.05) is 0 Å². The molecule has 0 amide bonds. The van der Waals surface area contributed by atoms with E-state index < -0.39 is 17.5 Å². The number of Topliss-reactive ketones (excluding diaryl/α,β-unsaturated/α-hetero) is 1. The standard InChI is InChI=1S/C15H17BrO3/c1-15(2,3)19-14(18)13-11-6-5-10(16)8-9(11)4-7-12(13)17/h5-6,8,13H,4,7H2,1-3H3/t13-/m1/s1. The topological polar surface area (TPSA) is 43.4 Å². The molecule has 1 aromatic rings. The third-order valence-corrected chi connectivity index (χ3v) is 3.51. The van der Waals surface area contributed by atoms with E-state index in [1.165, 1.54) is 0 Å². The quantitative estimate of drug-likeness (QED) is 0.587. The number of ketones is 1. The first-order valence-electron chi connectivity index (χ1n) is 6.32. The number of fused-ring (bicyclic) bond motifs is 1. The molecular formula is C15H17BrO3. The van der Waals surface area contributed by atoms with E-state index in [0.717, 1.165) is 15.6 Å². The van der Waals surface area contributed by atoms with Crippen molar-refractivity contribution in [2.24, 2.45) is 0 Å². The summed E-state index contributed by atoms with van der Waals surface area (Å²) in [6.45, 7) is 5.42. The van der Waals surface area contributed by atoms with Gasteiger partial charge in [-0.05, 0) is 50.5 Å². The van der Waals surface area contributed by atoms with Gasteiger partial charge in [-0.25, -0.2) is 0 Å². The maximum Gasteiger partial charge on any atom is 0.321 e. The Kier molecular flexibility index (Phi) is 3.81. The smallest absolute Gasteiger partial charge is 0.321 e. The Labute approximate surface area is 121 Å². The van der Waals surface area contributed by atoms with Gasteiger partial charge in [0.15, 0.2) is 5.78 Å². The van der Waals surface area contributed by atoms with Gasteiger partial charge in [0.25, 0.3) is 0 Å². The lowest BCUT2D eigenvalue weighted by Crippen LogP contribution is -2.33. The largest absolute Gasteiger partial charge is 0.459 e. The highest BCUT2D eigenvalue weighted by molar-refractivity contribution is 9.10. The maximum atomic E-state index is 12.2. The first-order valence-corrected chi connectivity index (χ1v) is 7.11. The molecular weight excluding hydrogens is 308 g/mol. The van der Waals surface area contributed by atoms with Crippen molar-refractivity contribution in [3.05, 3.63) is 33.8 Å². The highest BCUT2D eigenvalue weighted by atomic mass is 79.9. The van der Waals surface area contributed by atoms with E-state index in [2.05, 4.69) is 15.9 Å². The summed E-state index contributed by atoms with van der Waals surface area (Å²) in [4.78, 5) is 24.3. The van der Waals surface area contributed by atoms with Crippen LogP contribution in [0.1, 0.15) is 44.2 Å². The summed E-state index contributed by atoms with van der Waals surface area (Å²) in [6, 6.07) is 5.67. The molecule has 1 aliphatic carbocycles. The van der Waals surface area contributed by atoms with Crippen LogP contribution in [0.3, 0.4) is 0 Å². The Bertz CT molecular complexity index is 529. The highest BCUT2D eigenvalue weighted by Crippen LogP contribution is 2.32. The van der Waals surface area contributed by atoms with Gasteiger partial charge in [-0.2, -0.15) is 0 Å². The molecule has 1 aromatic carbocycles. The average molecular weight is 325 g/mol. The predicted octanol–water partition coefficient (Wildman–Crippen LogP) is 3.39. The molecule has 0 bridgehead atoms. The van der Waals surface area contributed by atoms with Gasteiger partial charge in [-0.1, -0.05) is 22.0 Å². The van der Waals surface area contributed by atoms with E-state index in [1.807, 2.05) is 18.2 Å². The number of hydrogen-bond donors (Lipinski definition) is 0. The summed E-state index contributed by atoms with van der Waals surface area (Å²) in [5, 5.41) is 0. The molecule has 0 fully saturated rings. The molecule has 0 heterocycles. The molecule has 0 unspecified atom stereocenters. The van der Waals surface area contributed by atoms with Crippen molar-refractivity contribution >= 4 is 27.7 Å². The minimum absolute atomic E-state index is 0.0518. The zero-order chi connectivity index (χ0) is 14.2. The SMILES string of the molecule is CC(C)(C)OC(=O)[C@H]1C(=O)CCc2cc(Br)ccc21. The Hall–Kier alpha value is -1.16. The molecule has 0 N–H and O–H groups in total. The van der Waals surface area contributed by atoms with Gasteiger partial charge in [-0.3, -0.25) is 9.59 Å². The molecule has 4 heteroatoms. The lowest BCUT2D eigenvalue weighted by molar-refractivity contribution is -0.158. The second kappa shape index (κ2) is 5.08. The third-order valence-electron chi connectivity index (χ3n) is 3.02. The molecule has 0 saturated heterocycles. The van der Waals surface area contributed by atoms with Crippen LogP contribution in [0, 0.1) is 0 Å². The van der Waals surface area contributed by atoms with E-state index in [-0.39, 0.29) is 5.78 Å². The van der Waals surface area contributed by atoms with Gasteiger partial charge in [-0.15, -0.1) is 0 Å². The Morgan fingerprint density at radius 1 is 1.32 bits per heavy atom. The van der Waals surface area contributed by atoms with Crippen LogP contribution in [-0.4, -0.2) is 17.4 Å². The molecule has 1 aliphatic rings. The number of rotatable bonds is 1. The molecule has 19 heavy (non-hydrogen) atoms. The van der Waals surface area contributed by atoms with Crippen LogP contribution >= 0.6 is 15.9 Å². The van der Waals surface area contributed by atoms with E-state index in [0.29, 0.717) is 12.8 Å². The van der Waals surface area contributed by atoms with Crippen LogP contribution in [-0.2, 0) is 20.7 Å². The summed E-state index contributed by atoms with van der Waals surface area (Å²) in [7, 11) is 0. The van der Waals surface area contributed by atoms with Crippen molar-refractivity contribution in [3.63, 3.8) is 0 Å². The zero-order valence-electron chi connectivity index (χ0n) is 11.3. The van der Waals surface area contributed by atoms with Gasteiger partial charge in [0.1, 0.15) is 11.5 Å². The molecule has 102 valence electrons. The van der Waals surface area contributed by atoms with Crippen molar-refractivity contribution in [3.8, 4) is 0 Å². The summed E-state index contributed by atoms with van der Waals surface area (Å²) in [5.41, 5.74) is 1.25. The van der Waals surface area contributed by atoms with Crippen LogP contribution < -0.4 is 0 Å². The first kappa shape index (κ1) is 14.3. The second-order valence-corrected chi connectivity index (χ2v) is 6.69. The first-order chi connectivity index (χ1) is 8.78. The minimum atomic E-state index is -0.768. The molecule has 0 aliphatic heterocycles. The number of halogens is 1. The maximum absolute atomic E-state index is 12.2. The number of benzene rings is 1. The summed E-state index contributed by atoms with van der Waals surface area (Å²) < 4.78 is 6.32. The van der Waals surface area contributed by atoms with Crippen LogP contribution in [0.25, 0.3) is 0 Å². The lowest BCUT2D eigenvalue weighted by Gasteiger charge is -2.27. The molecule has 0 spiro atoms. The number of esters is 1. The third kappa shape index (κ3) is 3.24. The van der Waals surface area contributed by atoms with Crippen LogP contribution in [0.5, 0.6) is 0 Å². The van der Waals surface area contributed by atoms with E-state index >= 15 is 0 Å². The van der Waals surface area contributed by atoms with Crippen LogP contribution in [0.2, 0.25) is 0 Å². The van der Waals surface area contributed by atoms with Gasteiger partial charge >= 0.3 is 5.97 Å². The van der Waals surface area contributed by atoms with Crippen molar-refractivity contribution in [2.45, 2.75) is 45.1 Å². The number of aryl methyl sites for hydroxylation is 1. The van der Waals surface area contributed by atoms with Gasteiger partial charge < -0.3 is 4.74 Å². The second-order valence-electron chi connectivity index (χ2n) is 5.78. The molecule has 0 radical (unpaired) electrons. The van der Waals surface area contributed by atoms with Crippen molar-refractivity contribution < 1.29 is 14.3 Å². The summed E-state index contributed by atoms with van der Waals surface area (Å²) in [5.74, 6) is -1.26. The van der Waals surface area contributed by atoms with Crippen molar-refractivity contribution in [1.82, 2.24) is 0 Å². The van der Waals surface area contributed by atoms with Gasteiger partial charge in [0.2, 0.25) is 0 Å².